The van der Waals surface area contributed by atoms with Crippen LogP contribution in [0.2, 0.25) is 0 Å². The summed E-state index contributed by atoms with van der Waals surface area (Å²) in [5, 5.41) is 116. The monoisotopic (exact) mass is 1060 g/mol. The SMILES string of the molecule is C.C.C.C.C.C.C.C.C.C.C.C.C.C.C.C.C=C1C[C@@]23CCC4[C@](C)(C(=O)O)CCC[C@@]4(C)[C@@H]2CCC1(OC1OC(CO)C(O)C(OC2OC(CO)C(O)C(O)C2O)C1OC1OC(CO)C(O)C(O)C1O)C3. The van der Waals surface area contributed by atoms with Crippen molar-refractivity contribution in [2.24, 2.45) is 28.1 Å². The molecular formula is C54H124O18. The topological polar surface area (TPSA) is 295 Å². The van der Waals surface area contributed by atoms with E-state index in [9.17, 15) is 61.0 Å². The normalized spacial score (nSPS) is 42.5. The van der Waals surface area contributed by atoms with E-state index in [2.05, 4.69) is 13.5 Å². The number of aliphatic hydroxyl groups excluding tert-OH is 10. The molecule has 7 aliphatic rings. The Balaban J connectivity index is -0.000000300. The lowest BCUT2D eigenvalue weighted by Crippen LogP contribution is -2.68. The Hall–Kier alpha value is -1.43. The lowest BCUT2D eigenvalue weighted by atomic mass is 9.41. The summed E-state index contributed by atoms with van der Waals surface area (Å²) in [6.07, 6.45) is -19.3. The molecule has 2 bridgehead atoms. The minimum atomic E-state index is -1.91. The molecule has 18 heteroatoms. The van der Waals surface area contributed by atoms with Gasteiger partial charge in [-0.2, -0.15) is 0 Å². The van der Waals surface area contributed by atoms with Crippen LogP contribution in [0.1, 0.15) is 190 Å². The third-order valence-electron chi connectivity index (χ3n) is 15.0. The molecule has 7 rings (SSSR count). The van der Waals surface area contributed by atoms with E-state index in [4.69, 9.17) is 28.4 Å². The van der Waals surface area contributed by atoms with Gasteiger partial charge in [0.25, 0.3) is 0 Å². The number of carboxylic acid groups (broad SMARTS) is 1. The van der Waals surface area contributed by atoms with Gasteiger partial charge in [0.15, 0.2) is 18.9 Å². The Morgan fingerprint density at radius 3 is 1.38 bits per heavy atom. The summed E-state index contributed by atoms with van der Waals surface area (Å²) in [6, 6.07) is 0. The summed E-state index contributed by atoms with van der Waals surface area (Å²) in [5.74, 6) is -0.606. The van der Waals surface area contributed by atoms with Crippen molar-refractivity contribution in [3.05, 3.63) is 12.2 Å². The summed E-state index contributed by atoms with van der Waals surface area (Å²) in [4.78, 5) is 12.7. The maximum Gasteiger partial charge on any atom is 0.309 e. The molecule has 4 saturated carbocycles. The van der Waals surface area contributed by atoms with Crippen LogP contribution in [0.25, 0.3) is 0 Å². The zero-order chi connectivity index (χ0) is 40.7. The summed E-state index contributed by atoms with van der Waals surface area (Å²) in [7, 11) is 0. The van der Waals surface area contributed by atoms with Crippen LogP contribution in [0, 0.1) is 28.1 Å². The molecular weight excluding hydrogens is 937 g/mol. The third kappa shape index (κ3) is 15.0. The molecule has 0 radical (unpaired) electrons. The average molecular weight is 1060 g/mol. The number of ether oxygens (including phenoxy) is 6. The van der Waals surface area contributed by atoms with Gasteiger partial charge in [0, 0.05) is 0 Å². The number of aliphatic hydroxyl groups is 10. The number of fused-ring (bicyclic) bond motifs is 3. The van der Waals surface area contributed by atoms with Crippen LogP contribution in [0.3, 0.4) is 0 Å². The molecule has 3 aliphatic heterocycles. The van der Waals surface area contributed by atoms with Gasteiger partial charge in [0.05, 0.1) is 30.8 Å². The second-order valence-electron chi connectivity index (χ2n) is 18.0. The summed E-state index contributed by atoms with van der Waals surface area (Å²) < 4.78 is 36.7. The summed E-state index contributed by atoms with van der Waals surface area (Å²) >= 11 is 0. The maximum absolute atomic E-state index is 12.7. The smallest absolute Gasteiger partial charge is 0.309 e. The minimum absolute atomic E-state index is 0. The zero-order valence-corrected chi connectivity index (χ0v) is 31.8. The second-order valence-corrected chi connectivity index (χ2v) is 18.0. The van der Waals surface area contributed by atoms with Crippen molar-refractivity contribution in [1.82, 2.24) is 0 Å². The highest BCUT2D eigenvalue weighted by atomic mass is 16.8. The standard InChI is InChI=1S/C38H60O18.16CH4/c1-16-11-37-9-5-20-35(2,7-4-8-36(20,3)34(49)50)21(37)6-10-38(16,15-37)56-33-30(55-32-28(48)26(46)23(43)18(13-40)52-32)29(24(44)19(14-41)53-33)54-31-27(47)25(45)22(42)17(12-39)51-31;;;;;;;;;;;;;;;;/h17-33,39-48H,1,4-15H2,2-3H3,(H,49,50);16*1H4/t17?,18?,19?,20?,21-,22?,23?,24?,25?,26?,27?,28?,29?,30?,31?,32?,33?,35+,36+,37+,38?;;;;;;;;;;;;;;;;/m0................/s1. The van der Waals surface area contributed by atoms with Gasteiger partial charge in [0.1, 0.15) is 73.2 Å². The van der Waals surface area contributed by atoms with Crippen LogP contribution in [0.5, 0.6) is 0 Å². The van der Waals surface area contributed by atoms with Crippen LogP contribution in [-0.4, -0.2) is 180 Å². The Morgan fingerprint density at radius 1 is 0.542 bits per heavy atom. The molecule has 3 heterocycles. The van der Waals surface area contributed by atoms with E-state index in [1.807, 2.05) is 6.92 Å². The largest absolute Gasteiger partial charge is 0.481 e. The molecule has 1 spiro atoms. The van der Waals surface area contributed by atoms with Crippen LogP contribution in [0.15, 0.2) is 12.2 Å². The third-order valence-corrected chi connectivity index (χ3v) is 15.0. The van der Waals surface area contributed by atoms with E-state index < -0.39 is 129 Å². The fraction of sp³-hybridized carbons (Fsp3) is 0.944. The van der Waals surface area contributed by atoms with Gasteiger partial charge < -0.3 is 84.6 Å². The molecule has 7 fully saturated rings. The first-order valence-corrected chi connectivity index (χ1v) is 19.9. The molecule has 21 atom stereocenters. The van der Waals surface area contributed by atoms with Crippen molar-refractivity contribution in [3.8, 4) is 0 Å². The van der Waals surface area contributed by atoms with Crippen molar-refractivity contribution in [1.29, 1.82) is 0 Å². The van der Waals surface area contributed by atoms with Crippen molar-refractivity contribution in [3.63, 3.8) is 0 Å². The minimum Gasteiger partial charge on any atom is -0.481 e. The van der Waals surface area contributed by atoms with E-state index in [-0.39, 0.29) is 141 Å². The highest BCUT2D eigenvalue weighted by Crippen LogP contribution is 2.73. The van der Waals surface area contributed by atoms with E-state index in [1.54, 1.807) is 0 Å². The maximum atomic E-state index is 12.7. The Morgan fingerprint density at radius 2 is 0.944 bits per heavy atom. The van der Waals surface area contributed by atoms with Crippen molar-refractivity contribution < 1.29 is 89.4 Å². The Labute approximate surface area is 442 Å². The molecule has 0 aromatic heterocycles. The molecule has 0 aromatic rings. The fourth-order valence-electron chi connectivity index (χ4n) is 12.1. The molecule has 72 heavy (non-hydrogen) atoms. The molecule has 17 unspecified atom stereocenters. The molecule has 4 aliphatic carbocycles. The first-order chi connectivity index (χ1) is 26.4. The quantitative estimate of drug-likeness (QED) is 0.0734. The van der Waals surface area contributed by atoms with Gasteiger partial charge in [-0.15, -0.1) is 0 Å². The van der Waals surface area contributed by atoms with E-state index >= 15 is 0 Å². The first kappa shape index (κ1) is 93.1. The van der Waals surface area contributed by atoms with Crippen molar-refractivity contribution >= 4 is 5.97 Å². The molecule has 0 aromatic carbocycles. The van der Waals surface area contributed by atoms with Crippen LogP contribution >= 0.6 is 0 Å². The average Bonchev–Trinajstić information content (AvgIpc) is 3.36. The predicted octanol–water partition coefficient (Wildman–Crippen LogP) is 7.81. The molecule has 3 saturated heterocycles. The van der Waals surface area contributed by atoms with Gasteiger partial charge >= 0.3 is 5.97 Å². The number of aliphatic carboxylic acids is 1. The summed E-state index contributed by atoms with van der Waals surface area (Å²) in [5.41, 5.74) is -1.63. The number of hydrogen-bond donors (Lipinski definition) is 11. The first-order valence-electron chi connectivity index (χ1n) is 19.9. The van der Waals surface area contributed by atoms with Gasteiger partial charge in [0.2, 0.25) is 0 Å². The van der Waals surface area contributed by atoms with E-state index in [1.165, 1.54) is 0 Å². The molecule has 11 N–H and O–H groups in total. The lowest BCUT2D eigenvalue weighted by Gasteiger charge is -2.64. The lowest BCUT2D eigenvalue weighted by molar-refractivity contribution is -0.400. The Bertz CT molecular complexity index is 1460. The highest BCUT2D eigenvalue weighted by Gasteiger charge is 2.69. The van der Waals surface area contributed by atoms with Crippen molar-refractivity contribution in [2.75, 3.05) is 19.8 Å². The van der Waals surface area contributed by atoms with Crippen LogP contribution < -0.4 is 0 Å². The Kier molecular flexibility index (Phi) is 44.4. The van der Waals surface area contributed by atoms with Gasteiger partial charge in [-0.05, 0) is 86.5 Å². The zero-order valence-electron chi connectivity index (χ0n) is 31.8. The van der Waals surface area contributed by atoms with E-state index in [0.717, 1.165) is 31.3 Å². The number of carboxylic acids is 1. The highest BCUT2D eigenvalue weighted by molar-refractivity contribution is 5.75. The second kappa shape index (κ2) is 34.4. The molecule has 448 valence electrons. The van der Waals surface area contributed by atoms with Gasteiger partial charge in [-0.25, -0.2) is 0 Å². The number of rotatable bonds is 10. The fourth-order valence-corrected chi connectivity index (χ4v) is 12.1. The van der Waals surface area contributed by atoms with Crippen LogP contribution in [0.4, 0.5) is 0 Å². The van der Waals surface area contributed by atoms with Crippen LogP contribution in [-0.2, 0) is 33.2 Å². The van der Waals surface area contributed by atoms with E-state index in [0.29, 0.717) is 32.1 Å². The molecule has 18 nitrogen and oxygen atoms in total. The number of carbonyl (C=O) groups is 1. The number of hydrogen-bond acceptors (Lipinski definition) is 17. The molecule has 0 amide bonds. The van der Waals surface area contributed by atoms with Gasteiger partial charge in [-0.3, -0.25) is 4.79 Å². The predicted molar refractivity (Wildman–Crippen MR) is 295 cm³/mol. The summed E-state index contributed by atoms with van der Waals surface area (Å²) in [6.45, 7) is 6.28. The van der Waals surface area contributed by atoms with Gasteiger partial charge in [-0.1, -0.05) is 139 Å². The van der Waals surface area contributed by atoms with Crippen molar-refractivity contribution in [2.45, 2.75) is 288 Å².